The molecular formula is C22H21Cl2N3O3. The van der Waals surface area contributed by atoms with Crippen LogP contribution in [0.4, 0.5) is 10.5 Å². The van der Waals surface area contributed by atoms with Gasteiger partial charge in [-0.05, 0) is 42.0 Å². The van der Waals surface area contributed by atoms with E-state index in [0.717, 1.165) is 11.3 Å². The van der Waals surface area contributed by atoms with Gasteiger partial charge in [0.1, 0.15) is 17.5 Å². The lowest BCUT2D eigenvalue weighted by molar-refractivity contribution is 0.182. The number of ether oxygens (including phenoxy) is 2. The number of carbonyl (C=O) groups excluding carboxylic acids is 1. The highest BCUT2D eigenvalue weighted by Crippen LogP contribution is 2.38. The topological polar surface area (TPSA) is 55.7 Å². The molecule has 3 aromatic rings. The van der Waals surface area contributed by atoms with Crippen molar-refractivity contribution in [3.63, 3.8) is 0 Å². The van der Waals surface area contributed by atoms with Crippen molar-refractivity contribution in [1.82, 2.24) is 9.47 Å². The molecule has 1 atom stereocenters. The lowest BCUT2D eigenvalue weighted by Gasteiger charge is -2.37. The molecule has 6 nitrogen and oxygen atoms in total. The van der Waals surface area contributed by atoms with Crippen LogP contribution in [0.25, 0.3) is 0 Å². The lowest BCUT2D eigenvalue weighted by atomic mass is 10.00. The Hall–Kier alpha value is -2.83. The Bertz CT molecular complexity index is 1080. The molecule has 2 aromatic carbocycles. The van der Waals surface area contributed by atoms with Crippen LogP contribution in [-0.2, 0) is 6.54 Å². The number of halogens is 2. The molecule has 8 heteroatoms. The zero-order valence-electron chi connectivity index (χ0n) is 16.6. The maximum atomic E-state index is 13.3. The fraction of sp³-hybridized carbons (Fsp3) is 0.227. The summed E-state index contributed by atoms with van der Waals surface area (Å²) in [6, 6.07) is 14.0. The quantitative estimate of drug-likeness (QED) is 0.580. The van der Waals surface area contributed by atoms with Gasteiger partial charge in [0.15, 0.2) is 0 Å². The molecule has 0 spiro atoms. The van der Waals surface area contributed by atoms with E-state index in [1.807, 2.05) is 24.4 Å². The highest BCUT2D eigenvalue weighted by Gasteiger charge is 2.33. The molecule has 4 rings (SSSR count). The van der Waals surface area contributed by atoms with Crippen molar-refractivity contribution in [2.24, 2.45) is 0 Å². The summed E-state index contributed by atoms with van der Waals surface area (Å²) in [5.74, 6) is 1.16. The Kier molecular flexibility index (Phi) is 5.79. The van der Waals surface area contributed by atoms with Gasteiger partial charge in [-0.1, -0.05) is 29.3 Å². The molecule has 0 fully saturated rings. The van der Waals surface area contributed by atoms with Crippen LogP contribution < -0.4 is 14.8 Å². The van der Waals surface area contributed by atoms with Gasteiger partial charge in [0.25, 0.3) is 0 Å². The van der Waals surface area contributed by atoms with E-state index in [1.54, 1.807) is 49.5 Å². The third kappa shape index (κ3) is 3.80. The van der Waals surface area contributed by atoms with E-state index in [0.29, 0.717) is 40.3 Å². The number of nitrogens with one attached hydrogen (secondary N) is 1. The van der Waals surface area contributed by atoms with Crippen molar-refractivity contribution in [2.75, 3.05) is 26.1 Å². The summed E-state index contributed by atoms with van der Waals surface area (Å²) in [5.41, 5.74) is 2.37. The smallest absolute Gasteiger partial charge is 0.322 e. The van der Waals surface area contributed by atoms with E-state index in [9.17, 15) is 4.79 Å². The average molecular weight is 446 g/mol. The van der Waals surface area contributed by atoms with Gasteiger partial charge in [-0.15, -0.1) is 0 Å². The minimum Gasteiger partial charge on any atom is -0.497 e. The average Bonchev–Trinajstić information content (AvgIpc) is 3.22. The van der Waals surface area contributed by atoms with Crippen molar-refractivity contribution in [3.05, 3.63) is 76.0 Å². The summed E-state index contributed by atoms with van der Waals surface area (Å²) < 4.78 is 12.8. The number of anilines is 1. The Balaban J connectivity index is 1.69. The summed E-state index contributed by atoms with van der Waals surface area (Å²) in [6.45, 7) is 1.22. The molecule has 0 unspecified atom stereocenters. The molecular weight excluding hydrogens is 425 g/mol. The number of nitrogens with zero attached hydrogens (tertiary/aromatic N) is 2. The third-order valence-electron chi connectivity index (χ3n) is 5.21. The minimum absolute atomic E-state index is 0.248. The zero-order valence-corrected chi connectivity index (χ0v) is 18.1. The second kappa shape index (κ2) is 8.50. The van der Waals surface area contributed by atoms with Crippen molar-refractivity contribution in [3.8, 4) is 11.5 Å². The Morgan fingerprint density at radius 2 is 1.90 bits per heavy atom. The molecule has 0 radical (unpaired) electrons. The van der Waals surface area contributed by atoms with Gasteiger partial charge in [0, 0.05) is 41.1 Å². The van der Waals surface area contributed by atoms with Gasteiger partial charge in [-0.25, -0.2) is 4.79 Å². The normalized spacial score (nSPS) is 15.5. The van der Waals surface area contributed by atoms with Crippen LogP contribution in [0.5, 0.6) is 11.5 Å². The SMILES string of the molecule is COc1ccc(NC(=O)N2CCn3cccc3[C@@H]2c2ccc(Cl)cc2Cl)c(OC)c1. The zero-order chi connectivity index (χ0) is 21.3. The first-order valence-corrected chi connectivity index (χ1v) is 10.2. The number of urea groups is 1. The summed E-state index contributed by atoms with van der Waals surface area (Å²) >= 11 is 12.6. The number of rotatable bonds is 4. The first-order valence-electron chi connectivity index (χ1n) is 9.41. The second-order valence-electron chi connectivity index (χ2n) is 6.88. The summed E-state index contributed by atoms with van der Waals surface area (Å²) in [6.07, 6.45) is 2.01. The Labute approximate surface area is 184 Å². The van der Waals surface area contributed by atoms with Crippen LogP contribution in [0.1, 0.15) is 17.3 Å². The molecule has 2 heterocycles. The second-order valence-corrected chi connectivity index (χ2v) is 7.73. The standard InChI is InChI=1S/C22H21Cl2N3O3/c1-29-15-6-8-18(20(13-15)30-2)25-22(28)27-11-10-26-9-3-4-19(26)21(27)16-7-5-14(23)12-17(16)24/h3-9,12-13,21H,10-11H2,1-2H3,(H,25,28)/t21-/m0/s1. The van der Waals surface area contributed by atoms with Crippen molar-refractivity contribution < 1.29 is 14.3 Å². The van der Waals surface area contributed by atoms with Gasteiger partial charge in [-0.3, -0.25) is 0 Å². The number of aromatic nitrogens is 1. The van der Waals surface area contributed by atoms with Crippen LogP contribution in [0, 0.1) is 0 Å². The van der Waals surface area contributed by atoms with E-state index in [2.05, 4.69) is 9.88 Å². The van der Waals surface area contributed by atoms with E-state index < -0.39 is 0 Å². The van der Waals surface area contributed by atoms with Gasteiger partial charge in [0.05, 0.1) is 19.9 Å². The highest BCUT2D eigenvalue weighted by molar-refractivity contribution is 6.35. The van der Waals surface area contributed by atoms with Crippen LogP contribution in [0.3, 0.4) is 0 Å². The molecule has 1 aliphatic rings. The lowest BCUT2D eigenvalue weighted by Crippen LogP contribution is -2.44. The fourth-order valence-electron chi connectivity index (χ4n) is 3.74. The maximum Gasteiger partial charge on any atom is 0.322 e. The van der Waals surface area contributed by atoms with Crippen molar-refractivity contribution in [1.29, 1.82) is 0 Å². The summed E-state index contributed by atoms with van der Waals surface area (Å²) in [4.78, 5) is 15.1. The molecule has 1 aromatic heterocycles. The summed E-state index contributed by atoms with van der Waals surface area (Å²) in [5, 5.41) is 4.03. The first-order chi connectivity index (χ1) is 14.5. The highest BCUT2D eigenvalue weighted by atomic mass is 35.5. The predicted octanol–water partition coefficient (Wildman–Crippen LogP) is 5.45. The molecule has 30 heavy (non-hydrogen) atoms. The molecule has 1 aliphatic heterocycles. The number of carbonyl (C=O) groups is 1. The summed E-state index contributed by atoms with van der Waals surface area (Å²) in [7, 11) is 3.13. The number of fused-ring (bicyclic) bond motifs is 1. The van der Waals surface area contributed by atoms with Gasteiger partial charge in [0.2, 0.25) is 0 Å². The Morgan fingerprint density at radius 1 is 1.07 bits per heavy atom. The van der Waals surface area contributed by atoms with Crippen LogP contribution in [-0.4, -0.2) is 36.3 Å². The molecule has 0 bridgehead atoms. The molecule has 0 saturated heterocycles. The molecule has 156 valence electrons. The van der Waals surface area contributed by atoms with Crippen LogP contribution >= 0.6 is 23.2 Å². The van der Waals surface area contributed by atoms with Crippen molar-refractivity contribution in [2.45, 2.75) is 12.6 Å². The number of hydrogen-bond acceptors (Lipinski definition) is 3. The predicted molar refractivity (Wildman–Crippen MR) is 118 cm³/mol. The molecule has 1 N–H and O–H groups in total. The maximum absolute atomic E-state index is 13.3. The number of amides is 2. The molecule has 0 saturated carbocycles. The largest absolute Gasteiger partial charge is 0.497 e. The number of hydrogen-bond donors (Lipinski definition) is 1. The van der Waals surface area contributed by atoms with Crippen LogP contribution in [0.2, 0.25) is 10.0 Å². The monoisotopic (exact) mass is 445 g/mol. The Morgan fingerprint density at radius 3 is 2.63 bits per heavy atom. The van der Waals surface area contributed by atoms with E-state index >= 15 is 0 Å². The fourth-order valence-corrected chi connectivity index (χ4v) is 4.25. The minimum atomic E-state index is -0.345. The van der Waals surface area contributed by atoms with E-state index in [1.165, 1.54) is 0 Å². The van der Waals surface area contributed by atoms with Gasteiger partial charge >= 0.3 is 6.03 Å². The van der Waals surface area contributed by atoms with Crippen LogP contribution in [0.15, 0.2) is 54.7 Å². The van der Waals surface area contributed by atoms with Gasteiger partial charge < -0.3 is 24.3 Å². The third-order valence-corrected chi connectivity index (χ3v) is 5.77. The number of methoxy groups -OCH3 is 2. The molecule has 2 amide bonds. The van der Waals surface area contributed by atoms with E-state index in [-0.39, 0.29) is 12.1 Å². The van der Waals surface area contributed by atoms with Crippen molar-refractivity contribution >= 4 is 34.9 Å². The molecule has 0 aliphatic carbocycles. The first kappa shape index (κ1) is 20.4. The number of benzene rings is 2. The van der Waals surface area contributed by atoms with E-state index in [4.69, 9.17) is 32.7 Å². The van der Waals surface area contributed by atoms with Gasteiger partial charge in [-0.2, -0.15) is 0 Å².